The van der Waals surface area contributed by atoms with Crippen LogP contribution in [0.3, 0.4) is 0 Å². The van der Waals surface area contributed by atoms with E-state index in [0.717, 1.165) is 172 Å². The third-order valence-electron chi connectivity index (χ3n) is 44.4. The van der Waals surface area contributed by atoms with E-state index in [-0.39, 0.29) is 221 Å². The minimum atomic E-state index is -0.756. The summed E-state index contributed by atoms with van der Waals surface area (Å²) in [4.78, 5) is 162. The van der Waals surface area contributed by atoms with Crippen LogP contribution in [0.1, 0.15) is 386 Å². The monoisotopic (exact) mass is 2090 g/mol. The van der Waals surface area contributed by atoms with Crippen molar-refractivity contribution in [3.8, 4) is 0 Å². The number of methoxy groups -OCH3 is 3. The maximum Gasteiger partial charge on any atom is 0.315 e. The highest BCUT2D eigenvalue weighted by Crippen LogP contribution is 2.80. The number of ether oxygens (including phenoxy) is 6. The van der Waals surface area contributed by atoms with Crippen molar-refractivity contribution in [2.75, 3.05) is 35.0 Å². The van der Waals surface area contributed by atoms with E-state index in [2.05, 4.69) is 175 Å². The van der Waals surface area contributed by atoms with Crippen LogP contribution in [-0.2, 0) is 104 Å². The number of ketones is 3. The number of carboxylic acids is 1. The molecule has 17 rings (SSSR count). The summed E-state index contributed by atoms with van der Waals surface area (Å²) in [6.45, 7) is 55.0. The number of aliphatic carboxylic acids is 1. The zero-order chi connectivity index (χ0) is 111. The molecule has 0 radical (unpaired) electrons. The Morgan fingerprint density at radius 2 is 0.698 bits per heavy atom. The van der Waals surface area contributed by atoms with E-state index < -0.39 is 45.4 Å². The van der Waals surface area contributed by atoms with Crippen LogP contribution >= 0.6 is 11.6 Å². The summed E-state index contributed by atoms with van der Waals surface area (Å²) in [6.07, 6.45) is 30.4. The molecule has 2 amide bonds. The number of esters is 6. The predicted octanol–water partition coefficient (Wildman–Crippen LogP) is 24.1. The summed E-state index contributed by atoms with van der Waals surface area (Å²) in [5.41, 5.74) is 9.13. The fourth-order valence-corrected chi connectivity index (χ4v) is 34.9. The lowest BCUT2D eigenvalue weighted by atomic mass is 9.33. The number of rotatable bonds is 16. The smallest absolute Gasteiger partial charge is 0.315 e. The van der Waals surface area contributed by atoms with E-state index >= 15 is 0 Å². The Kier molecular flexibility index (Phi) is 36.8. The number of nitrogens with one attached hydrogen (secondary N) is 2. The van der Waals surface area contributed by atoms with Crippen molar-refractivity contribution < 1.29 is 102 Å². The van der Waals surface area contributed by atoms with Gasteiger partial charge in [-0.15, -0.1) is 0 Å². The van der Waals surface area contributed by atoms with Gasteiger partial charge in [-0.3, -0.25) is 62.3 Å². The third-order valence-corrected chi connectivity index (χ3v) is 44.6. The van der Waals surface area contributed by atoms with Gasteiger partial charge in [-0.05, 0) is 359 Å². The highest BCUT2D eigenvalue weighted by atomic mass is 35.5. The predicted molar refractivity (Wildman–Crippen MR) is 580 cm³/mol. The zero-order valence-electron chi connectivity index (χ0n) is 96.1. The molecule has 0 bridgehead atoms. The topological polar surface area (TPSA) is 368 Å². The molecular weight excluding hydrogens is 1900 g/mol. The second-order valence-electron chi connectivity index (χ2n) is 53.2. The molecule has 12 saturated carbocycles. The first-order chi connectivity index (χ1) is 69.3. The lowest BCUT2D eigenvalue weighted by Crippen LogP contribution is -2.67. The lowest BCUT2D eigenvalue weighted by molar-refractivity contribution is -0.191. The van der Waals surface area contributed by atoms with Crippen molar-refractivity contribution in [1.29, 1.82) is 0 Å². The molecule has 25 heteroatoms. The molecule has 2 aromatic carbocycles. The second-order valence-corrected chi connectivity index (χ2v) is 53.6. The fourth-order valence-electron chi connectivity index (χ4n) is 34.7. The van der Waals surface area contributed by atoms with Crippen molar-refractivity contribution in [1.82, 2.24) is 10.6 Å². The number of hydrogen-bond donors (Lipinski definition) is 5. The van der Waals surface area contributed by atoms with E-state index in [1.54, 1.807) is 13.8 Å². The number of hydrogen-bond acceptors (Lipinski definition) is 21. The number of amides is 2. The number of benzene rings is 2. The van der Waals surface area contributed by atoms with Crippen LogP contribution in [-0.4, -0.2) is 140 Å². The van der Waals surface area contributed by atoms with E-state index in [4.69, 9.17) is 38.0 Å². The van der Waals surface area contributed by atoms with Crippen molar-refractivity contribution in [2.24, 2.45) is 156 Å². The zero-order valence-corrected chi connectivity index (χ0v) is 95.8. The second kappa shape index (κ2) is 45.3. The molecule has 15 aliphatic carbocycles. The highest BCUT2D eigenvalue weighted by Gasteiger charge is 2.76. The molecular formula is C124H188ClN3O21. The molecule has 6 N–H and O–H groups in total. The minimum Gasteiger partial charge on any atom is -0.481 e. The van der Waals surface area contributed by atoms with Crippen LogP contribution in [0.2, 0.25) is 0 Å². The van der Waals surface area contributed by atoms with E-state index in [0.29, 0.717) is 51.1 Å². The Morgan fingerprint density at radius 1 is 0.409 bits per heavy atom. The van der Waals surface area contributed by atoms with E-state index in [9.17, 15) is 67.4 Å². The molecule has 832 valence electrons. The SMILES string of the molecule is C.CC1(C)[C@@H](N)CC[C@]2(C)[C@H]3C(=O)C=C4[C@@H]5C[C@@](C)(C(=O)OCc6ccccc6)CC[C@]5(C)CC[C@@]4(C)[C@]3(C)CC[C@@H]12.CCOC(C)=O.CO.COC(=O)CC(=O)Cl.COC(=O)CC(=O)N[C@H]1CC[C@]2(C)[C@H]3C(=O)C=C4[C@@H]5C[C@@](C)(C(=O)O)CC[C@]5(C)CC[C@@]4(C)[C@]3(C)CC[C@H]2C1(C)C.COC(=O)CC(=O)N[C@H]1CC[C@]2(C)[C@H]3C(=O)C=C4[C@@H]5C[C@@](C)(C(=O)OCc6ccccc6)CC[C@]5(C)CC[C@@]4(C)[C@]3(C)CC[C@H]2C1(C)C.[2H]CC. The number of allylic oxidation sites excluding steroid dienone is 6. The maximum atomic E-state index is 14.8. The molecule has 24 nitrogen and oxygen atoms in total. The van der Waals surface area contributed by atoms with Gasteiger partial charge in [-0.1, -0.05) is 223 Å². The van der Waals surface area contributed by atoms with Gasteiger partial charge in [0.05, 0.1) is 44.2 Å². The van der Waals surface area contributed by atoms with Gasteiger partial charge < -0.3 is 55.0 Å². The summed E-state index contributed by atoms with van der Waals surface area (Å²) in [5, 5.41) is 22.7. The molecule has 27 atom stereocenters. The Balaban J connectivity index is 0.000000211. The molecule has 12 fully saturated rings. The Hall–Kier alpha value is -8.22. The summed E-state index contributed by atoms with van der Waals surface area (Å²) < 4.78 is 36.0. The number of aliphatic hydroxyl groups is 1. The molecule has 149 heavy (non-hydrogen) atoms. The van der Waals surface area contributed by atoms with E-state index in [1.165, 1.54) is 45.0 Å². The average Bonchev–Trinajstić information content (AvgIpc) is 0.677. The molecule has 0 aliphatic heterocycles. The van der Waals surface area contributed by atoms with Gasteiger partial charge in [-0.2, -0.15) is 0 Å². The average molecular weight is 2090 g/mol. The number of halogens is 1. The molecule has 15 aliphatic rings. The molecule has 0 saturated heterocycles. The number of nitrogens with two attached hydrogens (primary N) is 1. The van der Waals surface area contributed by atoms with Crippen LogP contribution in [0.15, 0.2) is 95.6 Å². The first kappa shape index (κ1) is 121. The van der Waals surface area contributed by atoms with E-state index in [1.807, 2.05) is 73.7 Å². The lowest BCUT2D eigenvalue weighted by Gasteiger charge is -2.70. The van der Waals surface area contributed by atoms with Crippen LogP contribution in [0.4, 0.5) is 0 Å². The molecule has 0 spiro atoms. The molecule has 2 aromatic rings. The Bertz CT molecular complexity index is 5420. The first-order valence-electron chi connectivity index (χ1n) is 56.0. The molecule has 0 aromatic heterocycles. The maximum absolute atomic E-state index is 14.8. The van der Waals surface area contributed by atoms with Gasteiger partial charge in [0.15, 0.2) is 17.3 Å². The number of fused-ring (bicyclic) bond motifs is 21. The largest absolute Gasteiger partial charge is 0.481 e. The highest BCUT2D eigenvalue weighted by molar-refractivity contribution is 6.64. The van der Waals surface area contributed by atoms with Crippen molar-refractivity contribution >= 4 is 87.8 Å². The van der Waals surface area contributed by atoms with Crippen molar-refractivity contribution in [2.45, 2.75) is 404 Å². The van der Waals surface area contributed by atoms with Gasteiger partial charge in [-0.25, -0.2) is 0 Å². The van der Waals surface area contributed by atoms with Gasteiger partial charge in [0.25, 0.3) is 0 Å². The quantitative estimate of drug-likeness (QED) is 0.0451. The number of carbonyl (C=O) groups excluding carboxylic acids is 12. The summed E-state index contributed by atoms with van der Waals surface area (Å²) in [7, 11) is 4.78. The Labute approximate surface area is 898 Å². The van der Waals surface area contributed by atoms with Gasteiger partial charge in [0.1, 0.15) is 32.5 Å². The van der Waals surface area contributed by atoms with Gasteiger partial charge in [0, 0.05) is 51.3 Å². The molecule has 0 heterocycles. The summed E-state index contributed by atoms with van der Waals surface area (Å²) in [5.74, 6) is -1.35. The number of carbonyl (C=O) groups is 13. The van der Waals surface area contributed by atoms with Crippen molar-refractivity contribution in [3.05, 3.63) is 107 Å². The summed E-state index contributed by atoms with van der Waals surface area (Å²) in [6, 6.07) is 19.9. The fraction of sp³-hybridized carbons (Fsp3) is 0.750. The van der Waals surface area contributed by atoms with Crippen LogP contribution in [0.5, 0.6) is 0 Å². The normalized spacial score (nSPS) is 39.9. The van der Waals surface area contributed by atoms with Gasteiger partial charge >= 0.3 is 41.8 Å². The minimum absolute atomic E-state index is 0. The molecule has 0 unspecified atom stereocenters. The van der Waals surface area contributed by atoms with Crippen LogP contribution < -0.4 is 16.4 Å². The van der Waals surface area contributed by atoms with Gasteiger partial charge in [0.2, 0.25) is 17.1 Å². The number of carboxylic acid groups (broad SMARTS) is 1. The van der Waals surface area contributed by atoms with Crippen LogP contribution in [0, 0.1) is 151 Å². The van der Waals surface area contributed by atoms with Crippen molar-refractivity contribution in [3.63, 3.8) is 0 Å². The summed E-state index contributed by atoms with van der Waals surface area (Å²) >= 11 is 4.81. The third kappa shape index (κ3) is 22.1. The number of aliphatic hydroxyl groups excluding tert-OH is 1. The standard InChI is InChI=1S/C41H57NO6.C37H53NO3.C34H51NO6.C4H5ClO3.C4H8O2.C2H6.CH4O.CH4/c1-36(2)30-14-17-41(7)34(39(30,5)16-15-31(36)42-32(44)23-33(45)47-8)29(43)22-27-28-24-38(4,19-18-37(28,3)20-21-40(27,41)6)35(46)48-25-26-12-10-9-11-13-26;1-32(2)28-13-16-37(7)30(35(28,5)15-14-29(32)38)27(39)21-25-26-22-34(4,18-17-33(26,3)19-20-36(25,37)6)31(40)41-23-24-11-9-8-10-12-24;1-29(2)23-9-12-34(7)27(32(23,5)11-10-24(29)35-25(37)18-26(38)41-8)22(36)17-20-21-19-31(4,28(39)40)14-13-30(21,3)15-16-33(20,34)6;1-8-4(7)2-3(5)6;1-3-6-4(2)5;2*1-2;/h9-13,22,28,30-31,34H,14-21,23-25H2,1-8H3,(H,42,44);8-12,21,26,28-30H,13-20,22-23,38H2,1-7H3;17,21,23-24,27H,9-16,18-19H2,1-8H3,(H,35,37)(H,39,40);2H2,1H3;3H2,1-2H3;1-2H3;2H,1H3;1H4/t28-,30-,31-,34+,37+,38-,39-,40+,41+;26-,28-,29-,30+,33+,34-,35-,36+,37+;21-,23-,24-,27+,30+,31-,32-,33+,34+;;;;;/m000...../s1/i;;;;;1D;;. The first-order valence-corrected chi connectivity index (χ1v) is 55.7. The Morgan fingerprint density at radius 3 is 0.980 bits per heavy atom. The van der Waals surface area contributed by atoms with Crippen LogP contribution in [0.25, 0.3) is 0 Å².